The molecule has 0 fully saturated rings. The Morgan fingerprint density at radius 2 is 1.90 bits per heavy atom. The lowest BCUT2D eigenvalue weighted by molar-refractivity contribution is 0.845. The zero-order valence-corrected chi connectivity index (χ0v) is 12.2. The van der Waals surface area contributed by atoms with Gasteiger partial charge in [-0.3, -0.25) is 4.98 Å². The Hall–Kier alpha value is -1.94. The van der Waals surface area contributed by atoms with E-state index in [1.54, 1.807) is 0 Å². The van der Waals surface area contributed by atoms with Crippen LogP contribution in [-0.2, 0) is 19.4 Å². The van der Waals surface area contributed by atoms with Crippen molar-refractivity contribution in [3.63, 3.8) is 0 Å². The summed E-state index contributed by atoms with van der Waals surface area (Å²) in [5.74, 6) is 0.999. The number of pyridine rings is 2. The number of anilines is 1. The average molecular weight is 270 g/mol. The molecule has 0 aliphatic carbocycles. The van der Waals surface area contributed by atoms with E-state index < -0.39 is 0 Å². The highest BCUT2D eigenvalue weighted by Crippen LogP contribution is 2.15. The molecule has 4 heteroatoms. The van der Waals surface area contributed by atoms with Gasteiger partial charge in [-0.2, -0.15) is 0 Å². The molecule has 0 radical (unpaired) electrons. The molecule has 0 amide bonds. The summed E-state index contributed by atoms with van der Waals surface area (Å²) < 4.78 is 0. The van der Waals surface area contributed by atoms with E-state index in [9.17, 15) is 0 Å². The monoisotopic (exact) mass is 270 g/mol. The predicted molar refractivity (Wildman–Crippen MR) is 82.7 cm³/mol. The molecule has 0 spiro atoms. The minimum atomic E-state index is 0.556. The molecule has 0 saturated heterocycles. The standard InChI is InChI=1S/C16H22N4/c1-3-15-10-14(12-17)11-16(19-15)20(2)9-6-13-4-7-18-8-5-13/h4-5,7-8,10-11H,3,6,9,12,17H2,1-2H3. The van der Waals surface area contributed by atoms with Crippen molar-refractivity contribution in [3.8, 4) is 0 Å². The zero-order valence-electron chi connectivity index (χ0n) is 12.2. The first-order chi connectivity index (χ1) is 9.72. The van der Waals surface area contributed by atoms with Crippen LogP contribution in [0.3, 0.4) is 0 Å². The Labute approximate surface area is 120 Å². The maximum absolute atomic E-state index is 5.75. The van der Waals surface area contributed by atoms with Crippen LogP contribution in [0.2, 0.25) is 0 Å². The van der Waals surface area contributed by atoms with Gasteiger partial charge in [0.15, 0.2) is 0 Å². The molecule has 2 aromatic heterocycles. The number of aromatic nitrogens is 2. The molecule has 2 rings (SSSR count). The molecule has 0 aliphatic heterocycles. The molecule has 2 aromatic rings. The van der Waals surface area contributed by atoms with Gasteiger partial charge in [-0.25, -0.2) is 4.98 Å². The molecule has 0 aliphatic rings. The summed E-state index contributed by atoms with van der Waals surface area (Å²) >= 11 is 0. The fourth-order valence-electron chi connectivity index (χ4n) is 2.09. The van der Waals surface area contributed by atoms with Crippen LogP contribution in [0, 0.1) is 0 Å². The zero-order chi connectivity index (χ0) is 14.4. The SMILES string of the molecule is CCc1cc(CN)cc(N(C)CCc2ccncc2)n1. The maximum atomic E-state index is 5.75. The fraction of sp³-hybridized carbons (Fsp3) is 0.375. The van der Waals surface area contributed by atoms with Crippen molar-refractivity contribution >= 4 is 5.82 Å². The van der Waals surface area contributed by atoms with Gasteiger partial charge in [0.25, 0.3) is 0 Å². The third-order valence-electron chi connectivity index (χ3n) is 3.40. The molecule has 2 heterocycles. The van der Waals surface area contributed by atoms with Crippen LogP contribution in [0.15, 0.2) is 36.7 Å². The lowest BCUT2D eigenvalue weighted by Crippen LogP contribution is -2.22. The molecule has 106 valence electrons. The van der Waals surface area contributed by atoms with Crippen molar-refractivity contribution in [2.24, 2.45) is 5.73 Å². The lowest BCUT2D eigenvalue weighted by atomic mass is 10.1. The highest BCUT2D eigenvalue weighted by molar-refractivity contribution is 5.42. The molecule has 0 aromatic carbocycles. The molecule has 0 saturated carbocycles. The molecule has 0 bridgehead atoms. The first kappa shape index (κ1) is 14.5. The first-order valence-electron chi connectivity index (χ1n) is 7.03. The summed E-state index contributed by atoms with van der Waals surface area (Å²) in [5, 5.41) is 0. The van der Waals surface area contributed by atoms with Gasteiger partial charge in [-0.05, 0) is 48.2 Å². The highest BCUT2D eigenvalue weighted by atomic mass is 15.2. The van der Waals surface area contributed by atoms with Crippen LogP contribution < -0.4 is 10.6 Å². The summed E-state index contributed by atoms with van der Waals surface area (Å²) in [5.41, 5.74) is 9.28. The van der Waals surface area contributed by atoms with Crippen molar-refractivity contribution in [1.82, 2.24) is 9.97 Å². The summed E-state index contributed by atoms with van der Waals surface area (Å²) in [4.78, 5) is 10.9. The number of aryl methyl sites for hydroxylation is 1. The fourth-order valence-corrected chi connectivity index (χ4v) is 2.09. The van der Waals surface area contributed by atoms with Crippen molar-refractivity contribution in [3.05, 3.63) is 53.5 Å². The Morgan fingerprint density at radius 1 is 1.15 bits per heavy atom. The van der Waals surface area contributed by atoms with Crippen molar-refractivity contribution in [2.75, 3.05) is 18.5 Å². The van der Waals surface area contributed by atoms with Gasteiger partial charge in [0.2, 0.25) is 0 Å². The van der Waals surface area contributed by atoms with Crippen LogP contribution in [0.4, 0.5) is 5.82 Å². The summed E-state index contributed by atoms with van der Waals surface area (Å²) in [7, 11) is 2.07. The van der Waals surface area contributed by atoms with Crippen LogP contribution in [0.1, 0.15) is 23.7 Å². The smallest absolute Gasteiger partial charge is 0.128 e. The van der Waals surface area contributed by atoms with Crippen molar-refractivity contribution in [2.45, 2.75) is 26.3 Å². The second kappa shape index (κ2) is 7.01. The minimum Gasteiger partial charge on any atom is -0.359 e. The Balaban J connectivity index is 2.06. The molecule has 0 atom stereocenters. The van der Waals surface area contributed by atoms with Gasteiger partial charge < -0.3 is 10.6 Å². The Morgan fingerprint density at radius 3 is 2.55 bits per heavy atom. The van der Waals surface area contributed by atoms with E-state index in [-0.39, 0.29) is 0 Å². The third-order valence-corrected chi connectivity index (χ3v) is 3.40. The minimum absolute atomic E-state index is 0.556. The summed E-state index contributed by atoms with van der Waals surface area (Å²) in [6.07, 6.45) is 5.57. The molecule has 0 unspecified atom stereocenters. The molecular weight excluding hydrogens is 248 g/mol. The Bertz CT molecular complexity index is 517. The number of rotatable bonds is 6. The van der Waals surface area contributed by atoms with Gasteiger partial charge in [-0.15, -0.1) is 0 Å². The highest BCUT2D eigenvalue weighted by Gasteiger charge is 2.06. The van der Waals surface area contributed by atoms with E-state index in [1.165, 1.54) is 5.56 Å². The Kier molecular flexibility index (Phi) is 5.07. The number of hydrogen-bond donors (Lipinski definition) is 1. The average Bonchev–Trinajstić information content (AvgIpc) is 2.52. The van der Waals surface area contributed by atoms with Crippen LogP contribution in [0.5, 0.6) is 0 Å². The predicted octanol–water partition coefficient (Wildman–Crippen LogP) is 2.18. The normalized spacial score (nSPS) is 10.6. The van der Waals surface area contributed by atoms with Gasteiger partial charge in [0.05, 0.1) is 0 Å². The molecule has 20 heavy (non-hydrogen) atoms. The van der Waals surface area contributed by atoms with Gasteiger partial charge in [-0.1, -0.05) is 6.92 Å². The topological polar surface area (TPSA) is 55.0 Å². The van der Waals surface area contributed by atoms with Crippen molar-refractivity contribution < 1.29 is 0 Å². The molecular formula is C16H22N4. The number of likely N-dealkylation sites (N-methyl/N-ethyl adjacent to an activating group) is 1. The van der Waals surface area contributed by atoms with Crippen molar-refractivity contribution in [1.29, 1.82) is 0 Å². The largest absolute Gasteiger partial charge is 0.359 e. The summed E-state index contributed by atoms with van der Waals surface area (Å²) in [6.45, 7) is 3.60. The number of nitrogens with two attached hydrogens (primary N) is 1. The van der Waals surface area contributed by atoms with E-state index in [0.29, 0.717) is 6.54 Å². The van der Waals surface area contributed by atoms with Crippen LogP contribution >= 0.6 is 0 Å². The van der Waals surface area contributed by atoms with E-state index in [1.807, 2.05) is 12.4 Å². The van der Waals surface area contributed by atoms with E-state index >= 15 is 0 Å². The van der Waals surface area contributed by atoms with E-state index in [4.69, 9.17) is 5.73 Å². The number of nitrogens with zero attached hydrogens (tertiary/aromatic N) is 3. The third kappa shape index (κ3) is 3.78. The lowest BCUT2D eigenvalue weighted by Gasteiger charge is -2.19. The van der Waals surface area contributed by atoms with Gasteiger partial charge in [0, 0.05) is 38.2 Å². The van der Waals surface area contributed by atoms with Crippen LogP contribution in [0.25, 0.3) is 0 Å². The second-order valence-corrected chi connectivity index (χ2v) is 4.91. The summed E-state index contributed by atoms with van der Waals surface area (Å²) in [6, 6.07) is 8.26. The van der Waals surface area contributed by atoms with E-state index in [2.05, 4.69) is 53.1 Å². The van der Waals surface area contributed by atoms with Gasteiger partial charge >= 0.3 is 0 Å². The second-order valence-electron chi connectivity index (χ2n) is 4.91. The van der Waals surface area contributed by atoms with Gasteiger partial charge in [0.1, 0.15) is 5.82 Å². The number of hydrogen-bond acceptors (Lipinski definition) is 4. The first-order valence-corrected chi connectivity index (χ1v) is 7.03. The molecule has 4 nitrogen and oxygen atoms in total. The quantitative estimate of drug-likeness (QED) is 0.874. The van der Waals surface area contributed by atoms with E-state index in [0.717, 1.165) is 36.5 Å². The molecule has 2 N–H and O–H groups in total. The maximum Gasteiger partial charge on any atom is 0.128 e. The van der Waals surface area contributed by atoms with Crippen LogP contribution in [-0.4, -0.2) is 23.6 Å².